The molecule has 3 aromatic rings. The maximum atomic E-state index is 13.1. The van der Waals surface area contributed by atoms with Crippen LogP contribution in [0.3, 0.4) is 0 Å². The predicted octanol–water partition coefficient (Wildman–Crippen LogP) is 3.35. The molecule has 0 amide bonds. The SMILES string of the molecule is CC(C)C[C@@H](O)c1cc2cccnc2n1S(=O)(=O)c1ccccc1. The monoisotopic (exact) mass is 344 g/mol. The molecule has 0 fully saturated rings. The molecule has 0 radical (unpaired) electrons. The second kappa shape index (κ2) is 6.37. The topological polar surface area (TPSA) is 72.2 Å². The largest absolute Gasteiger partial charge is 0.387 e. The summed E-state index contributed by atoms with van der Waals surface area (Å²) in [6.45, 7) is 3.97. The van der Waals surface area contributed by atoms with Crippen LogP contribution in [0.4, 0.5) is 0 Å². The fourth-order valence-corrected chi connectivity index (χ4v) is 4.33. The Bertz CT molecular complexity index is 947. The van der Waals surface area contributed by atoms with Crippen molar-refractivity contribution in [2.75, 3.05) is 0 Å². The quantitative estimate of drug-likeness (QED) is 0.770. The van der Waals surface area contributed by atoms with Gasteiger partial charge in [0.1, 0.15) is 0 Å². The van der Waals surface area contributed by atoms with E-state index in [1.807, 2.05) is 13.8 Å². The third kappa shape index (κ3) is 2.95. The number of hydrogen-bond acceptors (Lipinski definition) is 4. The molecule has 126 valence electrons. The fourth-order valence-electron chi connectivity index (χ4n) is 2.78. The molecule has 1 N–H and O–H groups in total. The smallest absolute Gasteiger partial charge is 0.269 e. The van der Waals surface area contributed by atoms with E-state index in [1.54, 1.807) is 54.7 Å². The Morgan fingerprint density at radius 1 is 1.12 bits per heavy atom. The van der Waals surface area contributed by atoms with Gasteiger partial charge in [-0.3, -0.25) is 0 Å². The van der Waals surface area contributed by atoms with Crippen molar-refractivity contribution in [3.8, 4) is 0 Å². The third-order valence-corrected chi connectivity index (χ3v) is 5.60. The van der Waals surface area contributed by atoms with Crippen LogP contribution in [0.5, 0.6) is 0 Å². The molecule has 0 saturated carbocycles. The lowest BCUT2D eigenvalue weighted by Gasteiger charge is -2.17. The average molecular weight is 344 g/mol. The zero-order chi connectivity index (χ0) is 17.3. The second-order valence-corrected chi connectivity index (χ2v) is 8.00. The van der Waals surface area contributed by atoms with E-state index in [0.717, 1.165) is 0 Å². The number of nitrogens with zero attached hydrogens (tertiary/aromatic N) is 2. The van der Waals surface area contributed by atoms with E-state index in [1.165, 1.54) is 3.97 Å². The molecule has 0 unspecified atom stereocenters. The predicted molar refractivity (Wildman–Crippen MR) is 93.2 cm³/mol. The molecule has 0 saturated heterocycles. The Labute approximate surface area is 141 Å². The zero-order valence-electron chi connectivity index (χ0n) is 13.6. The zero-order valence-corrected chi connectivity index (χ0v) is 14.4. The molecule has 0 aliphatic heterocycles. The lowest BCUT2D eigenvalue weighted by Crippen LogP contribution is -2.18. The van der Waals surface area contributed by atoms with Gasteiger partial charge in [-0.1, -0.05) is 32.0 Å². The second-order valence-electron chi connectivity index (χ2n) is 6.21. The first kappa shape index (κ1) is 16.7. The standard InChI is InChI=1S/C18H20N2O3S/c1-13(2)11-17(21)16-12-14-7-6-10-19-18(14)20(16)24(22,23)15-8-4-3-5-9-15/h3-10,12-13,17,21H,11H2,1-2H3/t17-/m1/s1. The molecule has 0 spiro atoms. The van der Waals surface area contributed by atoms with E-state index in [9.17, 15) is 13.5 Å². The highest BCUT2D eigenvalue weighted by atomic mass is 32.2. The minimum Gasteiger partial charge on any atom is -0.387 e. The number of aliphatic hydroxyl groups is 1. The lowest BCUT2D eigenvalue weighted by atomic mass is 10.0. The number of hydrogen-bond donors (Lipinski definition) is 1. The van der Waals surface area contributed by atoms with Crippen molar-refractivity contribution in [2.24, 2.45) is 5.92 Å². The molecule has 1 atom stereocenters. The van der Waals surface area contributed by atoms with Gasteiger partial charge in [-0.25, -0.2) is 17.4 Å². The Hall–Kier alpha value is -2.18. The van der Waals surface area contributed by atoms with E-state index >= 15 is 0 Å². The Balaban J connectivity index is 2.26. The van der Waals surface area contributed by atoms with Gasteiger partial charge < -0.3 is 5.11 Å². The molecule has 0 aliphatic carbocycles. The van der Waals surface area contributed by atoms with Crippen LogP contribution >= 0.6 is 0 Å². The summed E-state index contributed by atoms with van der Waals surface area (Å²) < 4.78 is 27.4. The Morgan fingerprint density at radius 3 is 2.50 bits per heavy atom. The highest BCUT2D eigenvalue weighted by Gasteiger charge is 2.27. The number of pyridine rings is 1. The van der Waals surface area contributed by atoms with E-state index in [2.05, 4.69) is 4.98 Å². The Morgan fingerprint density at radius 2 is 1.83 bits per heavy atom. The van der Waals surface area contributed by atoms with E-state index < -0.39 is 16.1 Å². The maximum absolute atomic E-state index is 13.1. The minimum absolute atomic E-state index is 0.172. The van der Waals surface area contributed by atoms with E-state index in [4.69, 9.17) is 0 Å². The molecule has 5 nitrogen and oxygen atoms in total. The van der Waals surface area contributed by atoms with Gasteiger partial charge in [-0.15, -0.1) is 0 Å². The van der Waals surface area contributed by atoms with Crippen molar-refractivity contribution in [1.82, 2.24) is 8.96 Å². The van der Waals surface area contributed by atoms with Gasteiger partial charge in [0.05, 0.1) is 16.7 Å². The maximum Gasteiger partial charge on any atom is 0.269 e. The van der Waals surface area contributed by atoms with Gasteiger partial charge in [-0.05, 0) is 42.7 Å². The van der Waals surface area contributed by atoms with Crippen molar-refractivity contribution in [1.29, 1.82) is 0 Å². The first-order chi connectivity index (χ1) is 11.4. The van der Waals surface area contributed by atoms with Crippen molar-refractivity contribution >= 4 is 21.1 Å². The van der Waals surface area contributed by atoms with Crippen molar-refractivity contribution in [2.45, 2.75) is 31.3 Å². The van der Waals surface area contributed by atoms with Crippen LogP contribution in [0, 0.1) is 5.92 Å². The Kier molecular flexibility index (Phi) is 4.43. The molecular weight excluding hydrogens is 324 g/mol. The molecular formula is C18H20N2O3S. The van der Waals surface area contributed by atoms with Crippen LogP contribution in [0.1, 0.15) is 32.1 Å². The van der Waals surface area contributed by atoms with E-state index in [-0.39, 0.29) is 10.8 Å². The van der Waals surface area contributed by atoms with Crippen LogP contribution in [-0.4, -0.2) is 22.5 Å². The summed E-state index contributed by atoms with van der Waals surface area (Å²) in [5, 5.41) is 11.3. The molecule has 6 heteroatoms. The normalized spacial score (nSPS) is 13.5. The summed E-state index contributed by atoms with van der Waals surface area (Å²) in [7, 11) is -3.84. The van der Waals surface area contributed by atoms with Gasteiger partial charge in [0.15, 0.2) is 5.65 Å². The molecule has 2 aromatic heterocycles. The van der Waals surface area contributed by atoms with Crippen molar-refractivity contribution in [3.05, 3.63) is 60.4 Å². The molecule has 24 heavy (non-hydrogen) atoms. The summed E-state index contributed by atoms with van der Waals surface area (Å²) in [6.07, 6.45) is 1.15. The summed E-state index contributed by atoms with van der Waals surface area (Å²) in [6, 6.07) is 13.5. The third-order valence-electron chi connectivity index (χ3n) is 3.86. The summed E-state index contributed by atoms with van der Waals surface area (Å²) in [5.74, 6) is 0.235. The van der Waals surface area contributed by atoms with Crippen LogP contribution in [0.25, 0.3) is 11.0 Å². The number of rotatable bonds is 5. The average Bonchev–Trinajstić information content (AvgIpc) is 2.95. The van der Waals surface area contributed by atoms with Crippen LogP contribution in [0.2, 0.25) is 0 Å². The number of aromatic nitrogens is 2. The minimum atomic E-state index is -3.84. The lowest BCUT2D eigenvalue weighted by molar-refractivity contribution is 0.146. The molecule has 0 bridgehead atoms. The van der Waals surface area contributed by atoms with Crippen LogP contribution in [-0.2, 0) is 10.0 Å². The number of aliphatic hydroxyl groups excluding tert-OH is 1. The number of benzene rings is 1. The molecule has 3 rings (SSSR count). The molecule has 0 aliphatic rings. The van der Waals surface area contributed by atoms with Crippen molar-refractivity contribution in [3.63, 3.8) is 0 Å². The highest BCUT2D eigenvalue weighted by Crippen LogP contribution is 2.30. The fraction of sp³-hybridized carbons (Fsp3) is 0.278. The molecule has 1 aromatic carbocycles. The van der Waals surface area contributed by atoms with Gasteiger partial charge in [0.2, 0.25) is 0 Å². The van der Waals surface area contributed by atoms with E-state index in [0.29, 0.717) is 23.1 Å². The van der Waals surface area contributed by atoms with Gasteiger partial charge in [-0.2, -0.15) is 0 Å². The first-order valence-corrected chi connectivity index (χ1v) is 9.30. The summed E-state index contributed by atoms with van der Waals surface area (Å²) >= 11 is 0. The summed E-state index contributed by atoms with van der Waals surface area (Å²) in [4.78, 5) is 4.40. The van der Waals surface area contributed by atoms with Crippen molar-refractivity contribution < 1.29 is 13.5 Å². The first-order valence-electron chi connectivity index (χ1n) is 7.86. The number of fused-ring (bicyclic) bond motifs is 1. The van der Waals surface area contributed by atoms with Gasteiger partial charge in [0, 0.05) is 11.6 Å². The van der Waals surface area contributed by atoms with Crippen LogP contribution < -0.4 is 0 Å². The van der Waals surface area contributed by atoms with Crippen LogP contribution in [0.15, 0.2) is 59.6 Å². The highest BCUT2D eigenvalue weighted by molar-refractivity contribution is 7.90. The van der Waals surface area contributed by atoms with Gasteiger partial charge in [0.25, 0.3) is 10.0 Å². The summed E-state index contributed by atoms with van der Waals surface area (Å²) in [5.41, 5.74) is 0.681. The molecule has 2 heterocycles. The van der Waals surface area contributed by atoms with Gasteiger partial charge >= 0.3 is 0 Å².